The molecule has 1 unspecified atom stereocenters. The van der Waals surface area contributed by atoms with Gasteiger partial charge in [-0.3, -0.25) is 9.59 Å². The molecule has 1 saturated heterocycles. The summed E-state index contributed by atoms with van der Waals surface area (Å²) in [5.41, 5.74) is 1.50. The third-order valence-electron chi connectivity index (χ3n) is 6.26. The van der Waals surface area contributed by atoms with Crippen LogP contribution >= 0.6 is 0 Å². The highest BCUT2D eigenvalue weighted by atomic mass is 32.2. The van der Waals surface area contributed by atoms with Crippen LogP contribution in [-0.2, 0) is 19.6 Å². The molecule has 0 radical (unpaired) electrons. The van der Waals surface area contributed by atoms with Crippen molar-refractivity contribution in [2.24, 2.45) is 0 Å². The highest BCUT2D eigenvalue weighted by Crippen LogP contribution is 2.31. The molecule has 1 aliphatic carbocycles. The van der Waals surface area contributed by atoms with Gasteiger partial charge < -0.3 is 4.74 Å². The zero-order valence-electron chi connectivity index (χ0n) is 18.9. The summed E-state index contributed by atoms with van der Waals surface area (Å²) in [6.45, 7) is 0.0612. The normalized spacial score (nSPS) is 19.0. The number of hydrogen-bond donors (Lipinski definition) is 0. The lowest BCUT2D eigenvalue weighted by molar-refractivity contribution is -0.122. The van der Waals surface area contributed by atoms with Crippen LogP contribution in [0.3, 0.4) is 0 Å². The van der Waals surface area contributed by atoms with Crippen molar-refractivity contribution in [1.82, 2.24) is 4.31 Å². The number of sulfonamides is 1. The number of halogens is 1. The van der Waals surface area contributed by atoms with Gasteiger partial charge in [-0.05, 0) is 80.6 Å². The summed E-state index contributed by atoms with van der Waals surface area (Å²) in [6.07, 6.45) is 6.32. The first-order valence-corrected chi connectivity index (χ1v) is 12.7. The second kappa shape index (κ2) is 10.1. The first-order chi connectivity index (χ1) is 16.3. The number of benzene rings is 2. The summed E-state index contributed by atoms with van der Waals surface area (Å²) in [4.78, 5) is 27.2. The Morgan fingerprint density at radius 2 is 1.76 bits per heavy atom. The van der Waals surface area contributed by atoms with Crippen LogP contribution in [0.15, 0.2) is 65.1 Å². The molecule has 0 bridgehead atoms. The van der Waals surface area contributed by atoms with E-state index in [0.29, 0.717) is 17.9 Å². The van der Waals surface area contributed by atoms with Crippen LogP contribution in [0.5, 0.6) is 5.75 Å². The number of hydrogen-bond acceptors (Lipinski definition) is 5. The maximum Gasteiger partial charge on any atom is 0.252 e. The van der Waals surface area contributed by atoms with Gasteiger partial charge in [-0.15, -0.1) is 0 Å². The highest BCUT2D eigenvalue weighted by Gasteiger charge is 2.46. The minimum Gasteiger partial charge on any atom is -0.497 e. The Labute approximate surface area is 198 Å². The molecule has 2 aromatic carbocycles. The largest absolute Gasteiger partial charge is 0.497 e. The quantitative estimate of drug-likeness (QED) is 0.415. The number of nitrogens with zero attached hydrogens (tertiary/aromatic N) is 2. The van der Waals surface area contributed by atoms with Gasteiger partial charge in [-0.25, -0.2) is 17.7 Å². The van der Waals surface area contributed by atoms with Gasteiger partial charge in [0.1, 0.15) is 17.6 Å². The Morgan fingerprint density at radius 3 is 2.38 bits per heavy atom. The number of carbonyl (C=O) groups is 2. The molecule has 34 heavy (non-hydrogen) atoms. The minimum atomic E-state index is -4.15. The molecular weight excluding hydrogens is 459 g/mol. The molecule has 7 nitrogen and oxygen atoms in total. The average molecular weight is 487 g/mol. The van der Waals surface area contributed by atoms with Gasteiger partial charge in [0.05, 0.1) is 24.1 Å². The molecule has 2 aromatic rings. The highest BCUT2D eigenvalue weighted by molar-refractivity contribution is 7.89. The SMILES string of the molecule is COc1ccc(N2C(=O)CC(N(CCC3=CCCCC3)S(=O)(=O)c3ccc(F)cc3)C2=O)cc1. The summed E-state index contributed by atoms with van der Waals surface area (Å²) in [6, 6.07) is 9.76. The van der Waals surface area contributed by atoms with Crippen molar-refractivity contribution in [1.29, 1.82) is 0 Å². The van der Waals surface area contributed by atoms with Crippen LogP contribution in [-0.4, -0.2) is 44.2 Å². The van der Waals surface area contributed by atoms with Gasteiger partial charge in [0.15, 0.2) is 0 Å². The van der Waals surface area contributed by atoms with E-state index in [2.05, 4.69) is 6.08 Å². The molecule has 1 atom stereocenters. The number of allylic oxidation sites excluding steroid dienone is 1. The number of amides is 2. The predicted molar refractivity (Wildman–Crippen MR) is 125 cm³/mol. The summed E-state index contributed by atoms with van der Waals surface area (Å²) >= 11 is 0. The van der Waals surface area contributed by atoms with E-state index in [1.807, 2.05) is 0 Å². The van der Waals surface area contributed by atoms with Gasteiger partial charge in [-0.1, -0.05) is 11.6 Å². The molecule has 2 amide bonds. The third kappa shape index (κ3) is 4.90. The van der Waals surface area contributed by atoms with E-state index in [9.17, 15) is 22.4 Å². The molecule has 0 N–H and O–H groups in total. The van der Waals surface area contributed by atoms with E-state index >= 15 is 0 Å². The average Bonchev–Trinajstić information content (AvgIpc) is 3.13. The van der Waals surface area contributed by atoms with E-state index in [1.165, 1.54) is 19.2 Å². The van der Waals surface area contributed by atoms with Crippen LogP contribution in [0.4, 0.5) is 10.1 Å². The van der Waals surface area contributed by atoms with Gasteiger partial charge in [0.25, 0.3) is 5.91 Å². The number of imide groups is 1. The lowest BCUT2D eigenvalue weighted by Gasteiger charge is -2.27. The fourth-order valence-electron chi connectivity index (χ4n) is 4.41. The maximum absolute atomic E-state index is 13.6. The standard InChI is InChI=1S/C25H27FN2O5S/c1-33-21-11-9-20(10-12-21)28-24(29)17-23(25(28)30)27(16-15-18-5-3-2-4-6-18)34(31,32)22-13-7-19(26)8-14-22/h5,7-14,23H,2-4,6,15-17H2,1H3. The smallest absolute Gasteiger partial charge is 0.252 e. The van der Waals surface area contributed by atoms with E-state index < -0.39 is 33.7 Å². The summed E-state index contributed by atoms with van der Waals surface area (Å²) in [7, 11) is -2.64. The Kier molecular flexibility index (Phi) is 7.13. The fraction of sp³-hybridized carbons (Fsp3) is 0.360. The fourth-order valence-corrected chi connectivity index (χ4v) is 6.00. The molecule has 2 aliphatic rings. The second-order valence-electron chi connectivity index (χ2n) is 8.41. The molecule has 1 heterocycles. The molecule has 0 spiro atoms. The lowest BCUT2D eigenvalue weighted by atomic mass is 9.97. The summed E-state index contributed by atoms with van der Waals surface area (Å²) in [5.74, 6) is -1.06. The van der Waals surface area contributed by atoms with Crippen LogP contribution < -0.4 is 9.64 Å². The van der Waals surface area contributed by atoms with Crippen molar-refractivity contribution in [2.45, 2.75) is 49.5 Å². The van der Waals surface area contributed by atoms with Crippen LogP contribution in [0.1, 0.15) is 38.5 Å². The number of methoxy groups -OCH3 is 1. The van der Waals surface area contributed by atoms with Crippen LogP contribution in [0.2, 0.25) is 0 Å². The maximum atomic E-state index is 13.6. The molecule has 4 rings (SSSR count). The molecule has 1 fully saturated rings. The van der Waals surface area contributed by atoms with Crippen molar-refractivity contribution < 1.29 is 27.1 Å². The van der Waals surface area contributed by atoms with Gasteiger partial charge in [0, 0.05) is 6.54 Å². The van der Waals surface area contributed by atoms with E-state index in [-0.39, 0.29) is 17.9 Å². The Bertz CT molecular complexity index is 1190. The topological polar surface area (TPSA) is 84.0 Å². The number of carbonyl (C=O) groups excluding carboxylic acids is 2. The van der Waals surface area contributed by atoms with Gasteiger partial charge >= 0.3 is 0 Å². The minimum absolute atomic E-state index is 0.0612. The van der Waals surface area contributed by atoms with Crippen molar-refractivity contribution in [3.63, 3.8) is 0 Å². The zero-order valence-corrected chi connectivity index (χ0v) is 19.8. The Morgan fingerprint density at radius 1 is 1.06 bits per heavy atom. The van der Waals surface area contributed by atoms with E-state index in [0.717, 1.165) is 52.6 Å². The van der Waals surface area contributed by atoms with Crippen molar-refractivity contribution in [3.8, 4) is 5.75 Å². The lowest BCUT2D eigenvalue weighted by Crippen LogP contribution is -2.46. The summed E-state index contributed by atoms with van der Waals surface area (Å²) < 4.78 is 46.8. The number of rotatable bonds is 8. The van der Waals surface area contributed by atoms with E-state index in [1.54, 1.807) is 24.3 Å². The predicted octanol–water partition coefficient (Wildman–Crippen LogP) is 4.05. The first-order valence-electron chi connectivity index (χ1n) is 11.3. The Balaban J connectivity index is 1.65. The van der Waals surface area contributed by atoms with E-state index in [4.69, 9.17) is 4.74 Å². The van der Waals surface area contributed by atoms with Crippen molar-refractivity contribution in [2.75, 3.05) is 18.6 Å². The van der Waals surface area contributed by atoms with Crippen LogP contribution in [0, 0.1) is 5.82 Å². The van der Waals surface area contributed by atoms with Crippen molar-refractivity contribution in [3.05, 3.63) is 66.0 Å². The number of anilines is 1. The van der Waals surface area contributed by atoms with Crippen LogP contribution in [0.25, 0.3) is 0 Å². The van der Waals surface area contributed by atoms with Gasteiger partial charge in [0.2, 0.25) is 15.9 Å². The molecule has 180 valence electrons. The molecule has 1 aliphatic heterocycles. The van der Waals surface area contributed by atoms with Crippen molar-refractivity contribution >= 4 is 27.5 Å². The molecular formula is C25H27FN2O5S. The number of ether oxygens (including phenoxy) is 1. The summed E-state index contributed by atoms with van der Waals surface area (Å²) in [5, 5.41) is 0. The second-order valence-corrected chi connectivity index (χ2v) is 10.3. The molecule has 0 saturated carbocycles. The third-order valence-corrected chi connectivity index (χ3v) is 8.18. The zero-order chi connectivity index (χ0) is 24.3. The molecule has 9 heteroatoms. The first kappa shape index (κ1) is 24.1. The molecule has 0 aromatic heterocycles. The monoisotopic (exact) mass is 486 g/mol. The Hall–Kier alpha value is -3.04. The van der Waals surface area contributed by atoms with Gasteiger partial charge in [-0.2, -0.15) is 4.31 Å².